The van der Waals surface area contributed by atoms with Crippen LogP contribution in [0.25, 0.3) is 11.0 Å². The molecule has 1 aromatic carbocycles. The van der Waals surface area contributed by atoms with Crippen molar-refractivity contribution in [3.8, 4) is 0 Å². The van der Waals surface area contributed by atoms with Crippen LogP contribution in [0.15, 0.2) is 23.4 Å². The summed E-state index contributed by atoms with van der Waals surface area (Å²) in [4.78, 5) is 18.2. The van der Waals surface area contributed by atoms with Crippen molar-refractivity contribution in [2.45, 2.75) is 4.90 Å². The number of carboxylic acids is 1. The molecular formula is C8H6N2O2S. The van der Waals surface area contributed by atoms with Crippen LogP contribution in [0.3, 0.4) is 0 Å². The lowest BCUT2D eigenvalue weighted by atomic mass is 10.2. The van der Waals surface area contributed by atoms with Crippen molar-refractivity contribution >= 4 is 29.6 Å². The molecule has 0 bridgehead atoms. The molecule has 13 heavy (non-hydrogen) atoms. The average molecular weight is 194 g/mol. The number of carboxylic acid groups (broad SMARTS) is 1. The highest BCUT2D eigenvalue weighted by molar-refractivity contribution is 7.80. The highest BCUT2D eigenvalue weighted by Crippen LogP contribution is 2.21. The molecule has 0 fully saturated rings. The number of H-pyrrole nitrogens is 1. The van der Waals surface area contributed by atoms with Crippen LogP contribution in [-0.4, -0.2) is 21.0 Å². The number of rotatable bonds is 1. The summed E-state index contributed by atoms with van der Waals surface area (Å²) in [6.45, 7) is 0. The Morgan fingerprint density at radius 3 is 3.00 bits per heavy atom. The quantitative estimate of drug-likeness (QED) is 0.603. The lowest BCUT2D eigenvalue weighted by Crippen LogP contribution is -1.97. The smallest absolute Gasteiger partial charge is 0.337 e. The molecule has 0 atom stereocenters. The van der Waals surface area contributed by atoms with E-state index >= 15 is 0 Å². The normalized spacial score (nSPS) is 10.5. The summed E-state index contributed by atoms with van der Waals surface area (Å²) in [5.41, 5.74) is 1.29. The van der Waals surface area contributed by atoms with Crippen LogP contribution in [0.2, 0.25) is 0 Å². The van der Waals surface area contributed by atoms with Gasteiger partial charge in [-0.1, -0.05) is 0 Å². The topological polar surface area (TPSA) is 66.0 Å². The Balaban J connectivity index is 2.86. The number of fused-ring (bicyclic) bond motifs is 1. The Bertz CT molecular complexity index is 478. The van der Waals surface area contributed by atoms with E-state index < -0.39 is 5.97 Å². The molecule has 0 saturated heterocycles. The molecule has 2 aromatic rings. The largest absolute Gasteiger partial charge is 0.478 e. The zero-order valence-electron chi connectivity index (χ0n) is 6.48. The highest BCUT2D eigenvalue weighted by atomic mass is 32.1. The van der Waals surface area contributed by atoms with Gasteiger partial charge in [-0.25, -0.2) is 9.78 Å². The predicted octanol–water partition coefficient (Wildman–Crippen LogP) is 1.55. The fourth-order valence-electron chi connectivity index (χ4n) is 1.19. The molecule has 2 rings (SSSR count). The van der Waals surface area contributed by atoms with Crippen molar-refractivity contribution in [3.05, 3.63) is 24.0 Å². The van der Waals surface area contributed by atoms with Crippen LogP contribution in [0.1, 0.15) is 10.4 Å². The van der Waals surface area contributed by atoms with Gasteiger partial charge in [0.05, 0.1) is 17.4 Å². The van der Waals surface area contributed by atoms with Gasteiger partial charge in [0.2, 0.25) is 0 Å². The van der Waals surface area contributed by atoms with Crippen LogP contribution in [0, 0.1) is 0 Å². The molecule has 0 amide bonds. The van der Waals surface area contributed by atoms with E-state index in [1.807, 2.05) is 0 Å². The predicted molar refractivity (Wildman–Crippen MR) is 50.3 cm³/mol. The van der Waals surface area contributed by atoms with Gasteiger partial charge in [-0.05, 0) is 12.1 Å². The molecule has 0 saturated carbocycles. The molecular weight excluding hydrogens is 188 g/mol. The van der Waals surface area contributed by atoms with Gasteiger partial charge >= 0.3 is 5.97 Å². The van der Waals surface area contributed by atoms with Crippen molar-refractivity contribution in [1.29, 1.82) is 0 Å². The zero-order valence-corrected chi connectivity index (χ0v) is 7.38. The minimum absolute atomic E-state index is 0.189. The summed E-state index contributed by atoms with van der Waals surface area (Å²) in [6.07, 6.45) is 1.46. The molecule has 5 heteroatoms. The number of thiol groups is 1. The first-order valence-corrected chi connectivity index (χ1v) is 4.03. The Morgan fingerprint density at radius 1 is 1.54 bits per heavy atom. The monoisotopic (exact) mass is 194 g/mol. The molecule has 66 valence electrons. The van der Waals surface area contributed by atoms with Crippen LogP contribution < -0.4 is 0 Å². The fraction of sp³-hybridized carbons (Fsp3) is 0. The molecule has 0 aliphatic heterocycles. The molecule has 0 aliphatic carbocycles. The Hall–Kier alpha value is -1.49. The van der Waals surface area contributed by atoms with Crippen molar-refractivity contribution in [2.75, 3.05) is 0 Å². The lowest BCUT2D eigenvalue weighted by Gasteiger charge is -1.97. The van der Waals surface area contributed by atoms with Crippen LogP contribution in [0.4, 0.5) is 0 Å². The standard InChI is InChI=1S/C8H6N2O2S/c11-8(12)4-1-2-5(13)7-6(4)9-3-10-7/h1-3,13H,(H,9,10)(H,11,12). The highest BCUT2D eigenvalue weighted by Gasteiger charge is 2.11. The summed E-state index contributed by atoms with van der Waals surface area (Å²) in [6, 6.07) is 3.13. The van der Waals surface area contributed by atoms with E-state index in [2.05, 4.69) is 22.6 Å². The number of hydrogen-bond acceptors (Lipinski definition) is 3. The summed E-state index contributed by atoms with van der Waals surface area (Å²) in [7, 11) is 0. The van der Waals surface area contributed by atoms with Crippen LogP contribution in [-0.2, 0) is 0 Å². The van der Waals surface area contributed by atoms with Crippen molar-refractivity contribution in [1.82, 2.24) is 9.97 Å². The maximum Gasteiger partial charge on any atom is 0.337 e. The van der Waals surface area contributed by atoms with Crippen molar-refractivity contribution in [2.24, 2.45) is 0 Å². The van der Waals surface area contributed by atoms with E-state index in [-0.39, 0.29) is 5.56 Å². The number of aromatic amines is 1. The minimum atomic E-state index is -0.981. The fourth-order valence-corrected chi connectivity index (χ4v) is 1.44. The third-order valence-corrected chi connectivity index (χ3v) is 2.16. The first kappa shape index (κ1) is 8.12. The Morgan fingerprint density at radius 2 is 2.31 bits per heavy atom. The molecule has 0 radical (unpaired) electrons. The maximum absolute atomic E-state index is 10.7. The lowest BCUT2D eigenvalue weighted by molar-refractivity contribution is 0.0699. The number of benzene rings is 1. The third kappa shape index (κ3) is 1.17. The van der Waals surface area contributed by atoms with E-state index in [1.54, 1.807) is 6.07 Å². The van der Waals surface area contributed by atoms with Gasteiger partial charge in [-0.2, -0.15) is 0 Å². The number of aromatic nitrogens is 2. The molecule has 1 aromatic heterocycles. The molecule has 0 aliphatic rings. The van der Waals surface area contributed by atoms with Crippen LogP contribution in [0.5, 0.6) is 0 Å². The van der Waals surface area contributed by atoms with Gasteiger partial charge in [0, 0.05) is 4.90 Å². The molecule has 2 N–H and O–H groups in total. The van der Waals surface area contributed by atoms with E-state index in [9.17, 15) is 4.79 Å². The Labute approximate surface area is 79.0 Å². The van der Waals surface area contributed by atoms with Gasteiger partial charge in [-0.3, -0.25) is 0 Å². The average Bonchev–Trinajstić information content (AvgIpc) is 2.53. The zero-order chi connectivity index (χ0) is 9.42. The first-order valence-electron chi connectivity index (χ1n) is 3.58. The number of hydrogen-bond donors (Lipinski definition) is 3. The van der Waals surface area contributed by atoms with E-state index in [1.165, 1.54) is 12.4 Å². The Kier molecular flexibility index (Phi) is 1.73. The summed E-state index contributed by atoms with van der Waals surface area (Å²) in [5, 5.41) is 8.81. The third-order valence-electron chi connectivity index (χ3n) is 1.79. The number of nitrogens with one attached hydrogen (secondary N) is 1. The van der Waals surface area contributed by atoms with Gasteiger partial charge in [0.1, 0.15) is 5.52 Å². The van der Waals surface area contributed by atoms with Gasteiger partial charge in [0.15, 0.2) is 0 Å². The van der Waals surface area contributed by atoms with Crippen LogP contribution >= 0.6 is 12.6 Å². The van der Waals surface area contributed by atoms with Gasteiger partial charge in [-0.15, -0.1) is 12.6 Å². The summed E-state index contributed by atoms with van der Waals surface area (Å²) < 4.78 is 0. The molecule has 0 spiro atoms. The minimum Gasteiger partial charge on any atom is -0.478 e. The number of aromatic carboxylic acids is 1. The molecule has 4 nitrogen and oxygen atoms in total. The first-order chi connectivity index (χ1) is 6.20. The number of carbonyl (C=O) groups is 1. The van der Waals surface area contributed by atoms with Gasteiger partial charge in [0.25, 0.3) is 0 Å². The second kappa shape index (κ2) is 2.77. The maximum atomic E-state index is 10.7. The summed E-state index contributed by atoms with van der Waals surface area (Å²) >= 11 is 4.17. The van der Waals surface area contributed by atoms with E-state index in [0.29, 0.717) is 15.9 Å². The second-order valence-corrected chi connectivity index (χ2v) is 3.05. The number of imidazole rings is 1. The van der Waals surface area contributed by atoms with Gasteiger partial charge < -0.3 is 10.1 Å². The summed E-state index contributed by atoms with van der Waals surface area (Å²) in [5.74, 6) is -0.981. The second-order valence-electron chi connectivity index (χ2n) is 2.56. The van der Waals surface area contributed by atoms with Crippen molar-refractivity contribution in [3.63, 3.8) is 0 Å². The van der Waals surface area contributed by atoms with Crippen molar-refractivity contribution < 1.29 is 9.90 Å². The van der Waals surface area contributed by atoms with E-state index in [4.69, 9.17) is 5.11 Å². The molecule has 1 heterocycles. The number of nitrogens with zero attached hydrogens (tertiary/aromatic N) is 1. The molecule has 0 unspecified atom stereocenters. The van der Waals surface area contributed by atoms with E-state index in [0.717, 1.165) is 0 Å². The SMILES string of the molecule is O=C(O)c1ccc(S)c2[nH]cnc12.